The van der Waals surface area contributed by atoms with Gasteiger partial charge in [-0.25, -0.2) is 0 Å². The van der Waals surface area contributed by atoms with E-state index in [-0.39, 0.29) is 0 Å². The van der Waals surface area contributed by atoms with Gasteiger partial charge in [0.05, 0.1) is 0 Å². The fourth-order valence-corrected chi connectivity index (χ4v) is 1.08. The van der Waals surface area contributed by atoms with E-state index in [1.165, 1.54) is 5.75 Å². The van der Waals surface area contributed by atoms with Crippen molar-refractivity contribution in [1.82, 2.24) is 0 Å². The Hall–Kier alpha value is 0.350. The normalized spacial score (nSPS) is 14.1. The summed E-state index contributed by atoms with van der Waals surface area (Å²) in [7, 11) is 0. The fraction of sp³-hybridized carbons (Fsp3) is 0.833. The van der Waals surface area contributed by atoms with Gasteiger partial charge in [-0.2, -0.15) is 11.8 Å². The number of thioether (sulfide) groups is 1. The van der Waals surface area contributed by atoms with Crippen LogP contribution in [-0.4, -0.2) is 11.0 Å². The summed E-state index contributed by atoms with van der Waals surface area (Å²) in [4.78, 5) is 0. The van der Waals surface area contributed by atoms with Crippen molar-refractivity contribution in [1.29, 1.82) is 0 Å². The van der Waals surface area contributed by atoms with Crippen molar-refractivity contribution in [3.05, 3.63) is 6.42 Å². The zero-order chi connectivity index (χ0) is 5.70. The Morgan fingerprint density at radius 1 is 1.71 bits per heavy atom. The van der Waals surface area contributed by atoms with Crippen molar-refractivity contribution in [2.24, 2.45) is 0 Å². The van der Waals surface area contributed by atoms with Crippen molar-refractivity contribution in [2.75, 3.05) is 5.75 Å². The Labute approximate surface area is 50.7 Å². The SMILES string of the molecule is C[CH]C(C)SCC. The fourth-order valence-electron chi connectivity index (χ4n) is 0.359. The first-order valence-corrected chi connectivity index (χ1v) is 3.77. The third-order valence-electron chi connectivity index (χ3n) is 0.899. The average molecular weight is 117 g/mol. The minimum Gasteiger partial charge on any atom is -0.159 e. The molecular formula is C6H13S. The van der Waals surface area contributed by atoms with Gasteiger partial charge in [-0.15, -0.1) is 0 Å². The summed E-state index contributed by atoms with van der Waals surface area (Å²) in [6.45, 7) is 6.51. The molecule has 0 rings (SSSR count). The van der Waals surface area contributed by atoms with E-state index >= 15 is 0 Å². The van der Waals surface area contributed by atoms with E-state index in [4.69, 9.17) is 0 Å². The molecule has 0 saturated heterocycles. The van der Waals surface area contributed by atoms with E-state index in [0.717, 1.165) is 5.25 Å². The van der Waals surface area contributed by atoms with Crippen LogP contribution in [0.5, 0.6) is 0 Å². The zero-order valence-corrected chi connectivity index (χ0v) is 6.09. The first-order valence-electron chi connectivity index (χ1n) is 2.72. The molecule has 0 nitrogen and oxygen atoms in total. The van der Waals surface area contributed by atoms with Gasteiger partial charge in [0, 0.05) is 5.25 Å². The maximum absolute atomic E-state index is 2.22. The summed E-state index contributed by atoms with van der Waals surface area (Å²) in [6, 6.07) is 0. The van der Waals surface area contributed by atoms with Crippen LogP contribution in [0.15, 0.2) is 0 Å². The monoisotopic (exact) mass is 117 g/mol. The maximum atomic E-state index is 2.22. The van der Waals surface area contributed by atoms with E-state index in [1.54, 1.807) is 0 Å². The topological polar surface area (TPSA) is 0 Å². The highest BCUT2D eigenvalue weighted by molar-refractivity contribution is 7.99. The van der Waals surface area contributed by atoms with Crippen LogP contribution < -0.4 is 0 Å². The first-order chi connectivity index (χ1) is 3.31. The molecule has 0 bridgehead atoms. The first kappa shape index (κ1) is 7.35. The molecule has 0 aliphatic rings. The summed E-state index contributed by atoms with van der Waals surface area (Å²) >= 11 is 1.98. The van der Waals surface area contributed by atoms with Crippen LogP contribution in [0.2, 0.25) is 0 Å². The summed E-state index contributed by atoms with van der Waals surface area (Å²) in [5, 5.41) is 0.741. The number of hydrogen-bond acceptors (Lipinski definition) is 1. The van der Waals surface area contributed by atoms with Crippen LogP contribution in [0.4, 0.5) is 0 Å². The van der Waals surface area contributed by atoms with Crippen LogP contribution in [0, 0.1) is 6.42 Å². The van der Waals surface area contributed by atoms with Gasteiger partial charge >= 0.3 is 0 Å². The van der Waals surface area contributed by atoms with Gasteiger partial charge in [-0.3, -0.25) is 0 Å². The molecule has 0 amide bonds. The molecule has 0 aromatic heterocycles. The number of hydrogen-bond donors (Lipinski definition) is 0. The molecule has 0 aliphatic carbocycles. The average Bonchev–Trinajstić information content (AvgIpc) is 1.68. The lowest BCUT2D eigenvalue weighted by Crippen LogP contribution is -1.92. The second-order valence-electron chi connectivity index (χ2n) is 1.49. The molecule has 1 atom stereocenters. The standard InChI is InChI=1S/C6H13S/c1-4-6(3)7-5-2/h4,6H,5H2,1-3H3. The minimum absolute atomic E-state index is 0.741. The Bertz CT molecular complexity index is 35.2. The van der Waals surface area contributed by atoms with E-state index in [2.05, 4.69) is 27.2 Å². The van der Waals surface area contributed by atoms with Crippen LogP contribution in [0.1, 0.15) is 20.8 Å². The van der Waals surface area contributed by atoms with Crippen LogP contribution >= 0.6 is 11.8 Å². The second kappa shape index (κ2) is 4.51. The third kappa shape index (κ3) is 4.20. The number of rotatable bonds is 3. The molecule has 0 aromatic rings. The summed E-state index contributed by atoms with van der Waals surface area (Å²) < 4.78 is 0. The molecular weight excluding hydrogens is 104 g/mol. The maximum Gasteiger partial charge on any atom is 0.00471 e. The molecule has 1 unspecified atom stereocenters. The molecule has 1 radical (unpaired) electrons. The quantitative estimate of drug-likeness (QED) is 0.547. The van der Waals surface area contributed by atoms with Gasteiger partial charge in [0.15, 0.2) is 0 Å². The highest BCUT2D eigenvalue weighted by atomic mass is 32.2. The lowest BCUT2D eigenvalue weighted by Gasteiger charge is -2.02. The third-order valence-corrected chi connectivity index (χ3v) is 2.03. The molecule has 0 aliphatic heterocycles. The van der Waals surface area contributed by atoms with Crippen LogP contribution in [-0.2, 0) is 0 Å². The van der Waals surface area contributed by atoms with Gasteiger partial charge in [0.25, 0.3) is 0 Å². The van der Waals surface area contributed by atoms with Crippen molar-refractivity contribution in [3.8, 4) is 0 Å². The highest BCUT2D eigenvalue weighted by Crippen LogP contribution is 2.10. The van der Waals surface area contributed by atoms with E-state index in [1.807, 2.05) is 11.8 Å². The molecule has 0 fully saturated rings. The Morgan fingerprint density at radius 3 is 2.43 bits per heavy atom. The highest BCUT2D eigenvalue weighted by Gasteiger charge is 1.93. The summed E-state index contributed by atoms with van der Waals surface area (Å²) in [6.07, 6.45) is 2.22. The Kier molecular flexibility index (Phi) is 4.73. The molecule has 0 spiro atoms. The predicted octanol–water partition coefficient (Wildman–Crippen LogP) is 2.35. The molecule has 1 heteroatoms. The molecule has 0 heterocycles. The van der Waals surface area contributed by atoms with E-state index in [0.29, 0.717) is 0 Å². The molecule has 7 heavy (non-hydrogen) atoms. The molecule has 43 valence electrons. The molecule has 0 aromatic carbocycles. The van der Waals surface area contributed by atoms with Crippen LogP contribution in [0.25, 0.3) is 0 Å². The van der Waals surface area contributed by atoms with Gasteiger partial charge < -0.3 is 0 Å². The van der Waals surface area contributed by atoms with Crippen molar-refractivity contribution < 1.29 is 0 Å². The van der Waals surface area contributed by atoms with Crippen molar-refractivity contribution in [3.63, 3.8) is 0 Å². The van der Waals surface area contributed by atoms with E-state index in [9.17, 15) is 0 Å². The minimum atomic E-state index is 0.741. The van der Waals surface area contributed by atoms with Gasteiger partial charge in [-0.1, -0.05) is 20.8 Å². The Morgan fingerprint density at radius 2 is 2.29 bits per heavy atom. The van der Waals surface area contributed by atoms with Crippen LogP contribution in [0.3, 0.4) is 0 Å². The van der Waals surface area contributed by atoms with Gasteiger partial charge in [0.2, 0.25) is 0 Å². The smallest absolute Gasteiger partial charge is 0.00471 e. The van der Waals surface area contributed by atoms with Gasteiger partial charge in [-0.05, 0) is 12.2 Å². The second-order valence-corrected chi connectivity index (χ2v) is 3.15. The van der Waals surface area contributed by atoms with Crippen molar-refractivity contribution in [2.45, 2.75) is 26.0 Å². The van der Waals surface area contributed by atoms with E-state index < -0.39 is 0 Å². The molecule has 0 saturated carbocycles. The lowest BCUT2D eigenvalue weighted by atomic mass is 10.4. The molecule has 0 N–H and O–H groups in total. The zero-order valence-electron chi connectivity index (χ0n) is 5.27. The largest absolute Gasteiger partial charge is 0.159 e. The summed E-state index contributed by atoms with van der Waals surface area (Å²) in [5.41, 5.74) is 0. The van der Waals surface area contributed by atoms with Gasteiger partial charge in [0.1, 0.15) is 0 Å². The Balaban J connectivity index is 2.83. The van der Waals surface area contributed by atoms with Crippen molar-refractivity contribution >= 4 is 11.8 Å². The lowest BCUT2D eigenvalue weighted by molar-refractivity contribution is 1.12. The predicted molar refractivity (Wildman–Crippen MR) is 37.6 cm³/mol. The summed E-state index contributed by atoms with van der Waals surface area (Å²) in [5.74, 6) is 1.23.